The van der Waals surface area contributed by atoms with Crippen LogP contribution in [-0.4, -0.2) is 30.1 Å². The van der Waals surface area contributed by atoms with Crippen LogP contribution in [0, 0.1) is 5.13 Å². The lowest BCUT2D eigenvalue weighted by Gasteiger charge is -2.11. The van der Waals surface area contributed by atoms with Crippen LogP contribution in [0.25, 0.3) is 49.6 Å². The predicted octanol–water partition coefficient (Wildman–Crippen LogP) is 7.14. The van der Waals surface area contributed by atoms with Crippen molar-refractivity contribution in [3.8, 4) is 22.0 Å². The summed E-state index contributed by atoms with van der Waals surface area (Å²) in [6.07, 6.45) is 11.1. The number of rotatable bonds is 9. The molecule has 0 aliphatic rings. The third-order valence-electron chi connectivity index (χ3n) is 5.88. The molecule has 5 aromatic heterocycles. The number of H-pyrrole nitrogens is 2. The van der Waals surface area contributed by atoms with Crippen LogP contribution in [0.15, 0.2) is 79.4 Å². The van der Waals surface area contributed by atoms with E-state index in [9.17, 15) is 4.39 Å². The van der Waals surface area contributed by atoms with E-state index in [-0.39, 0.29) is 5.13 Å². The Hall–Kier alpha value is -4.37. The monoisotopic (exact) mass is 511 g/mol. The van der Waals surface area contributed by atoms with Gasteiger partial charge in [-0.1, -0.05) is 32.6 Å². The van der Waals surface area contributed by atoms with Crippen molar-refractivity contribution in [2.75, 3.05) is 0 Å². The number of nitrogens with one attached hydrogen (secondary N) is 3. The molecule has 7 nitrogen and oxygen atoms in total. The number of pyridine rings is 2. The molecule has 0 unspecified atom stereocenters. The van der Waals surface area contributed by atoms with E-state index < -0.39 is 0 Å². The average Bonchev–Trinajstić information content (AvgIpc) is 3.63. The lowest BCUT2D eigenvalue weighted by molar-refractivity contribution is 0.657. The van der Waals surface area contributed by atoms with Gasteiger partial charge in [-0.05, 0) is 55.3 Å². The van der Waals surface area contributed by atoms with Gasteiger partial charge in [0, 0.05) is 28.0 Å². The molecule has 0 atom stereocenters. The lowest BCUT2D eigenvalue weighted by Crippen LogP contribution is -2.10. The fraction of sp³-hybridized carbons (Fsp3) is 0.143. The van der Waals surface area contributed by atoms with E-state index >= 15 is 0 Å². The Labute approximate surface area is 217 Å². The first-order chi connectivity index (χ1) is 18.0. The second-order valence-electron chi connectivity index (χ2n) is 8.46. The normalized spacial score (nSPS) is 12.4. The van der Waals surface area contributed by atoms with Crippen molar-refractivity contribution in [1.82, 2.24) is 35.5 Å². The Morgan fingerprint density at radius 3 is 2.73 bits per heavy atom. The Morgan fingerprint density at radius 2 is 2.00 bits per heavy atom. The fourth-order valence-electron chi connectivity index (χ4n) is 4.10. The topological polar surface area (TPSA) is 95.2 Å². The number of halogens is 1. The molecule has 0 aromatic carbocycles. The number of hydrogen-bond acceptors (Lipinski definition) is 6. The molecular weight excluding hydrogens is 485 g/mol. The van der Waals surface area contributed by atoms with Crippen molar-refractivity contribution >= 4 is 39.0 Å². The fourth-order valence-corrected chi connectivity index (χ4v) is 4.84. The van der Waals surface area contributed by atoms with Crippen LogP contribution >= 0.6 is 11.3 Å². The van der Waals surface area contributed by atoms with Gasteiger partial charge in [0.05, 0.1) is 22.9 Å². The van der Waals surface area contributed by atoms with E-state index in [1.165, 1.54) is 6.07 Å². The van der Waals surface area contributed by atoms with E-state index in [0.717, 1.165) is 68.3 Å². The number of hydrogen-bond donors (Lipinski definition) is 3. The largest absolute Gasteiger partial charge is 0.359 e. The summed E-state index contributed by atoms with van der Waals surface area (Å²) < 4.78 is 13.7. The number of thiophene rings is 1. The van der Waals surface area contributed by atoms with E-state index in [2.05, 4.69) is 45.6 Å². The van der Waals surface area contributed by atoms with Crippen molar-refractivity contribution in [1.29, 1.82) is 0 Å². The summed E-state index contributed by atoms with van der Waals surface area (Å²) in [5, 5.41) is 10.6. The van der Waals surface area contributed by atoms with E-state index in [4.69, 9.17) is 9.97 Å². The number of fused-ring (bicyclic) bond motifs is 2. The molecule has 0 aliphatic carbocycles. The van der Waals surface area contributed by atoms with Gasteiger partial charge in [0.25, 0.3) is 0 Å². The predicted molar refractivity (Wildman–Crippen MR) is 149 cm³/mol. The molecule has 186 valence electrons. The van der Waals surface area contributed by atoms with Crippen LogP contribution < -0.4 is 5.32 Å². The van der Waals surface area contributed by atoms with Gasteiger partial charge < -0.3 is 10.3 Å². The van der Waals surface area contributed by atoms with Gasteiger partial charge in [0.1, 0.15) is 11.0 Å². The highest BCUT2D eigenvalue weighted by Gasteiger charge is 2.18. The van der Waals surface area contributed by atoms with Crippen molar-refractivity contribution in [3.05, 3.63) is 90.3 Å². The Kier molecular flexibility index (Phi) is 6.78. The number of nitrogens with zero attached hydrogens (tertiary/aromatic N) is 4. The summed E-state index contributed by atoms with van der Waals surface area (Å²) in [6, 6.07) is 7.08. The third kappa shape index (κ3) is 4.85. The maximum absolute atomic E-state index is 13.7. The first-order valence-corrected chi connectivity index (χ1v) is 12.7. The molecule has 5 heterocycles. The summed E-state index contributed by atoms with van der Waals surface area (Å²) >= 11 is 1.06. The standard InChI is InChI=1S/C28H26FN7S/c1-5-8-16(4)31-18(7-3)13-17(6-2)20-9-10-21-26(32-20)27(36-35-21)28-33-22-15-30-14-19(25(22)34-28)23-11-12-24(29)37-23/h6-7,9-15,31H,3-5,8H2,1-2H3,(H,33,34)(H,35,36)/b17-6+,18-13+. The van der Waals surface area contributed by atoms with E-state index in [1.807, 2.05) is 31.2 Å². The molecule has 0 bridgehead atoms. The first kappa shape index (κ1) is 24.3. The molecule has 5 rings (SSSR count). The van der Waals surface area contributed by atoms with Crippen molar-refractivity contribution in [2.45, 2.75) is 26.7 Å². The smallest absolute Gasteiger partial charge is 0.176 e. The summed E-state index contributed by atoms with van der Waals surface area (Å²) in [4.78, 5) is 18.1. The van der Waals surface area contributed by atoms with Gasteiger partial charge in [-0.25, -0.2) is 9.97 Å². The van der Waals surface area contributed by atoms with Gasteiger partial charge in [-0.3, -0.25) is 10.1 Å². The Bertz CT molecular complexity index is 1690. The molecule has 37 heavy (non-hydrogen) atoms. The Balaban J connectivity index is 1.54. The average molecular weight is 512 g/mol. The molecule has 3 N–H and O–H groups in total. The van der Waals surface area contributed by atoms with Crippen LogP contribution in [0.3, 0.4) is 0 Å². The van der Waals surface area contributed by atoms with Crippen molar-refractivity contribution in [2.24, 2.45) is 0 Å². The zero-order valence-corrected chi connectivity index (χ0v) is 21.4. The second-order valence-corrected chi connectivity index (χ2v) is 9.50. The van der Waals surface area contributed by atoms with Crippen LogP contribution in [-0.2, 0) is 0 Å². The third-order valence-corrected chi connectivity index (χ3v) is 6.78. The maximum atomic E-state index is 13.7. The van der Waals surface area contributed by atoms with Crippen LogP contribution in [0.2, 0.25) is 0 Å². The minimum absolute atomic E-state index is 0.254. The SMILES string of the molecule is C=C/C(=C\C(=C/C)c1ccc2[nH]nc(-c3nc4c(-c5ccc(F)s5)cncc4[nH]3)c2n1)NC(=C)CCC. The minimum atomic E-state index is -0.254. The minimum Gasteiger partial charge on any atom is -0.359 e. The molecule has 0 fully saturated rings. The molecule has 0 saturated heterocycles. The van der Waals surface area contributed by atoms with Crippen molar-refractivity contribution in [3.63, 3.8) is 0 Å². The van der Waals surface area contributed by atoms with Gasteiger partial charge in [-0.2, -0.15) is 9.49 Å². The van der Waals surface area contributed by atoms with Crippen LogP contribution in [0.4, 0.5) is 4.39 Å². The number of imidazole rings is 1. The zero-order valence-electron chi connectivity index (χ0n) is 20.6. The molecule has 0 aliphatic heterocycles. The second kappa shape index (κ2) is 10.3. The molecule has 0 spiro atoms. The van der Waals surface area contributed by atoms with Gasteiger partial charge >= 0.3 is 0 Å². The summed E-state index contributed by atoms with van der Waals surface area (Å²) in [7, 11) is 0. The highest BCUT2D eigenvalue weighted by Crippen LogP contribution is 2.33. The molecule has 0 saturated carbocycles. The quantitative estimate of drug-likeness (QED) is 0.183. The first-order valence-electron chi connectivity index (χ1n) is 11.9. The van der Waals surface area contributed by atoms with Gasteiger partial charge in [0.15, 0.2) is 16.6 Å². The van der Waals surface area contributed by atoms with Gasteiger partial charge in [0.2, 0.25) is 0 Å². The number of aromatic amines is 2. The molecular formula is C28H26FN7S. The summed E-state index contributed by atoms with van der Waals surface area (Å²) in [5.41, 5.74) is 7.76. The van der Waals surface area contributed by atoms with Gasteiger partial charge in [-0.15, -0.1) is 11.3 Å². The van der Waals surface area contributed by atoms with Crippen molar-refractivity contribution < 1.29 is 4.39 Å². The highest BCUT2D eigenvalue weighted by atomic mass is 32.1. The summed E-state index contributed by atoms with van der Waals surface area (Å²) in [5.74, 6) is 0.555. The molecule has 9 heteroatoms. The highest BCUT2D eigenvalue weighted by molar-refractivity contribution is 7.14. The lowest BCUT2D eigenvalue weighted by atomic mass is 10.1. The summed E-state index contributed by atoms with van der Waals surface area (Å²) in [6.45, 7) is 12.1. The van der Waals surface area contributed by atoms with E-state index in [1.54, 1.807) is 24.5 Å². The number of aromatic nitrogens is 6. The Morgan fingerprint density at radius 1 is 1.14 bits per heavy atom. The maximum Gasteiger partial charge on any atom is 0.176 e. The van der Waals surface area contributed by atoms with Crippen LogP contribution in [0.1, 0.15) is 32.4 Å². The molecule has 0 amide bonds. The number of allylic oxidation sites excluding steroid dienone is 5. The zero-order chi connectivity index (χ0) is 25.9. The molecule has 5 aromatic rings. The van der Waals surface area contributed by atoms with Crippen LogP contribution in [0.5, 0.6) is 0 Å². The van der Waals surface area contributed by atoms with E-state index in [0.29, 0.717) is 22.6 Å². The molecule has 0 radical (unpaired) electrons.